The van der Waals surface area contributed by atoms with Crippen LogP contribution in [0.1, 0.15) is 48.6 Å². The highest BCUT2D eigenvalue weighted by Crippen LogP contribution is 2.15. The van der Waals surface area contributed by atoms with Crippen molar-refractivity contribution in [3.05, 3.63) is 29.2 Å². The Morgan fingerprint density at radius 3 is 2.79 bits per heavy atom. The van der Waals surface area contributed by atoms with Gasteiger partial charge in [0.25, 0.3) is 5.91 Å². The van der Waals surface area contributed by atoms with Crippen molar-refractivity contribution < 1.29 is 9.59 Å². The maximum absolute atomic E-state index is 12.9. The van der Waals surface area contributed by atoms with Gasteiger partial charge in [0.15, 0.2) is 11.3 Å². The number of aromatic nitrogens is 3. The molecule has 0 bridgehead atoms. The third-order valence-corrected chi connectivity index (χ3v) is 4.34. The summed E-state index contributed by atoms with van der Waals surface area (Å²) in [5, 5.41) is 7.34. The van der Waals surface area contributed by atoms with Gasteiger partial charge in [0.2, 0.25) is 5.91 Å². The minimum Gasteiger partial charge on any atom is -0.352 e. The predicted octanol–water partition coefficient (Wildman–Crippen LogP) is 1.48. The van der Waals surface area contributed by atoms with E-state index in [2.05, 4.69) is 15.4 Å². The molecule has 7 nitrogen and oxygen atoms in total. The fourth-order valence-corrected chi connectivity index (χ4v) is 3.12. The lowest BCUT2D eigenvalue weighted by Crippen LogP contribution is -2.45. The molecule has 3 rings (SSSR count). The average molecular weight is 329 g/mol. The van der Waals surface area contributed by atoms with Gasteiger partial charge in [-0.2, -0.15) is 5.10 Å². The summed E-state index contributed by atoms with van der Waals surface area (Å²) in [6.45, 7) is 8.31. The fraction of sp³-hybridized carbons (Fsp3) is 0.529. The molecule has 24 heavy (non-hydrogen) atoms. The molecule has 1 aliphatic heterocycles. The molecular weight excluding hydrogens is 306 g/mol. The summed E-state index contributed by atoms with van der Waals surface area (Å²) in [6.07, 6.45) is 1.29. The summed E-state index contributed by atoms with van der Waals surface area (Å²) in [7, 11) is 0. The summed E-state index contributed by atoms with van der Waals surface area (Å²) in [5.41, 5.74) is 2.90. The van der Waals surface area contributed by atoms with Crippen LogP contribution in [0.15, 0.2) is 12.1 Å². The molecule has 1 N–H and O–H groups in total. The molecule has 0 radical (unpaired) electrons. The van der Waals surface area contributed by atoms with Crippen LogP contribution in [0.2, 0.25) is 0 Å². The second-order valence-corrected chi connectivity index (χ2v) is 6.69. The first-order valence-corrected chi connectivity index (χ1v) is 8.29. The Morgan fingerprint density at radius 1 is 1.42 bits per heavy atom. The van der Waals surface area contributed by atoms with E-state index < -0.39 is 0 Å². The Morgan fingerprint density at radius 2 is 2.17 bits per heavy atom. The van der Waals surface area contributed by atoms with Gasteiger partial charge in [-0.15, -0.1) is 0 Å². The van der Waals surface area contributed by atoms with E-state index in [0.29, 0.717) is 24.3 Å². The Hall–Kier alpha value is -2.44. The monoisotopic (exact) mass is 329 g/mol. The number of hydrogen-bond acceptors (Lipinski definition) is 4. The highest BCUT2D eigenvalue weighted by Gasteiger charge is 2.28. The van der Waals surface area contributed by atoms with Crippen molar-refractivity contribution >= 4 is 17.5 Å². The van der Waals surface area contributed by atoms with E-state index in [-0.39, 0.29) is 23.9 Å². The molecule has 0 aromatic carbocycles. The third-order valence-electron chi connectivity index (χ3n) is 4.34. The van der Waals surface area contributed by atoms with Crippen LogP contribution in [-0.2, 0) is 4.79 Å². The van der Waals surface area contributed by atoms with Gasteiger partial charge in [0.1, 0.15) is 0 Å². The molecule has 1 aliphatic rings. The molecule has 1 atom stereocenters. The number of nitrogens with zero attached hydrogens (tertiary/aromatic N) is 4. The molecular formula is C17H23N5O2. The zero-order valence-electron chi connectivity index (χ0n) is 14.5. The van der Waals surface area contributed by atoms with Crippen LogP contribution >= 0.6 is 0 Å². The number of hydrogen-bond donors (Lipinski definition) is 1. The Labute approximate surface area is 141 Å². The van der Waals surface area contributed by atoms with Gasteiger partial charge in [-0.25, -0.2) is 9.50 Å². The summed E-state index contributed by atoms with van der Waals surface area (Å²) < 4.78 is 1.69. The molecule has 2 aromatic heterocycles. The number of carbonyl (C=O) groups is 2. The van der Waals surface area contributed by atoms with Gasteiger partial charge in [-0.1, -0.05) is 0 Å². The molecule has 0 saturated carbocycles. The topological polar surface area (TPSA) is 79.6 Å². The predicted molar refractivity (Wildman–Crippen MR) is 89.8 cm³/mol. The van der Waals surface area contributed by atoms with E-state index in [1.165, 1.54) is 0 Å². The van der Waals surface area contributed by atoms with Gasteiger partial charge in [-0.05, 0) is 40.2 Å². The van der Waals surface area contributed by atoms with E-state index in [9.17, 15) is 9.59 Å². The van der Waals surface area contributed by atoms with Crippen molar-refractivity contribution in [2.75, 3.05) is 6.54 Å². The van der Waals surface area contributed by atoms with Crippen molar-refractivity contribution in [3.63, 3.8) is 0 Å². The van der Waals surface area contributed by atoms with Crippen molar-refractivity contribution in [1.29, 1.82) is 0 Å². The third kappa shape index (κ3) is 3.11. The molecule has 0 aliphatic carbocycles. The number of carbonyl (C=O) groups excluding carboxylic acids is 2. The SMILES string of the molecule is Cc1cc(C)n2nc(C(=O)N(C[C@H]3CCC(=O)N3)C(C)C)cc2n1. The van der Waals surface area contributed by atoms with Crippen LogP contribution in [0.4, 0.5) is 0 Å². The zero-order valence-corrected chi connectivity index (χ0v) is 14.5. The summed E-state index contributed by atoms with van der Waals surface area (Å²) >= 11 is 0. The number of aryl methyl sites for hydroxylation is 2. The van der Waals surface area contributed by atoms with Crippen LogP contribution < -0.4 is 5.32 Å². The van der Waals surface area contributed by atoms with Crippen molar-refractivity contribution in [2.24, 2.45) is 0 Å². The lowest BCUT2D eigenvalue weighted by Gasteiger charge is -2.28. The summed E-state index contributed by atoms with van der Waals surface area (Å²) in [6, 6.07) is 3.70. The summed E-state index contributed by atoms with van der Waals surface area (Å²) in [5.74, 6) is -0.0760. The molecule has 0 spiro atoms. The van der Waals surface area contributed by atoms with Crippen LogP contribution in [0.5, 0.6) is 0 Å². The highest BCUT2D eigenvalue weighted by molar-refractivity contribution is 5.93. The average Bonchev–Trinajstić information content (AvgIpc) is 3.10. The van der Waals surface area contributed by atoms with Gasteiger partial charge in [0, 0.05) is 42.5 Å². The molecule has 7 heteroatoms. The van der Waals surface area contributed by atoms with Crippen LogP contribution in [-0.4, -0.2) is 49.9 Å². The molecule has 1 fully saturated rings. The number of rotatable bonds is 4. The standard InChI is InChI=1S/C17H23N5O2/c1-10(2)21(9-13-5-6-16(23)19-13)17(24)14-8-15-18-11(3)7-12(4)22(15)20-14/h7-8,10,13H,5-6,9H2,1-4H3,(H,19,23)/t13-/m1/s1. The smallest absolute Gasteiger partial charge is 0.274 e. The molecule has 2 aromatic rings. The minimum absolute atomic E-state index is 0.0167. The van der Waals surface area contributed by atoms with E-state index in [0.717, 1.165) is 17.8 Å². The van der Waals surface area contributed by atoms with Gasteiger partial charge in [-0.3, -0.25) is 9.59 Å². The van der Waals surface area contributed by atoms with E-state index >= 15 is 0 Å². The largest absolute Gasteiger partial charge is 0.352 e. The maximum Gasteiger partial charge on any atom is 0.274 e. The molecule has 128 valence electrons. The normalized spacial score (nSPS) is 17.5. The van der Waals surface area contributed by atoms with Crippen LogP contribution in [0, 0.1) is 13.8 Å². The lowest BCUT2D eigenvalue weighted by molar-refractivity contribution is -0.119. The molecule has 2 amide bonds. The van der Waals surface area contributed by atoms with Crippen LogP contribution in [0.25, 0.3) is 5.65 Å². The van der Waals surface area contributed by atoms with Crippen molar-refractivity contribution in [2.45, 2.75) is 52.6 Å². The quantitative estimate of drug-likeness (QED) is 0.921. The molecule has 1 saturated heterocycles. The summed E-state index contributed by atoms with van der Waals surface area (Å²) in [4.78, 5) is 30.5. The molecule has 3 heterocycles. The van der Waals surface area contributed by atoms with Gasteiger partial charge < -0.3 is 10.2 Å². The second-order valence-electron chi connectivity index (χ2n) is 6.69. The minimum atomic E-state index is -0.131. The number of nitrogens with one attached hydrogen (secondary N) is 1. The molecule has 0 unspecified atom stereocenters. The van der Waals surface area contributed by atoms with Crippen molar-refractivity contribution in [1.82, 2.24) is 24.8 Å². The highest BCUT2D eigenvalue weighted by atomic mass is 16.2. The fourth-order valence-electron chi connectivity index (χ4n) is 3.12. The van der Waals surface area contributed by atoms with E-state index in [4.69, 9.17) is 0 Å². The first-order chi connectivity index (χ1) is 11.3. The second kappa shape index (κ2) is 6.22. The van der Waals surface area contributed by atoms with Gasteiger partial charge in [0.05, 0.1) is 0 Å². The first-order valence-electron chi connectivity index (χ1n) is 8.29. The van der Waals surface area contributed by atoms with Crippen molar-refractivity contribution in [3.8, 4) is 0 Å². The number of fused-ring (bicyclic) bond motifs is 1. The Balaban J connectivity index is 1.87. The lowest BCUT2D eigenvalue weighted by atomic mass is 10.1. The maximum atomic E-state index is 12.9. The number of amides is 2. The van der Waals surface area contributed by atoms with E-state index in [1.54, 1.807) is 15.5 Å². The van der Waals surface area contributed by atoms with Crippen LogP contribution in [0.3, 0.4) is 0 Å². The zero-order chi connectivity index (χ0) is 17.4. The Kier molecular flexibility index (Phi) is 4.26. The Bertz CT molecular complexity index is 796. The van der Waals surface area contributed by atoms with Gasteiger partial charge >= 0.3 is 0 Å². The van der Waals surface area contributed by atoms with E-state index in [1.807, 2.05) is 33.8 Å². The first kappa shape index (κ1) is 16.4.